The lowest BCUT2D eigenvalue weighted by atomic mass is 10.3. The maximum Gasteiger partial charge on any atom is 0.216 e. The molecule has 0 saturated carbocycles. The van der Waals surface area contributed by atoms with Crippen molar-refractivity contribution in [3.05, 3.63) is 30.3 Å². The zero-order valence-electron chi connectivity index (χ0n) is 10.1. The van der Waals surface area contributed by atoms with Crippen LogP contribution >= 0.6 is 0 Å². The Balaban J connectivity index is 2.61. The smallest absolute Gasteiger partial charge is 0.216 e. The van der Waals surface area contributed by atoms with E-state index < -0.39 is 16.9 Å². The molecule has 84 valence electrons. The standard InChI is InChI=1S/C12H22OSi2/c1-4-14(5-2)15(6-3)13-12-10-8-7-9-11-12/h7-11,14-15H,4-6H2,1-3H3. The lowest BCUT2D eigenvalue weighted by Crippen LogP contribution is -2.39. The summed E-state index contributed by atoms with van der Waals surface area (Å²) >= 11 is 0. The zero-order chi connectivity index (χ0) is 11.1. The van der Waals surface area contributed by atoms with Gasteiger partial charge < -0.3 is 4.43 Å². The van der Waals surface area contributed by atoms with Gasteiger partial charge in [-0.3, -0.25) is 0 Å². The molecule has 0 N–H and O–H groups in total. The van der Waals surface area contributed by atoms with Crippen LogP contribution in [-0.2, 0) is 0 Å². The third kappa shape index (κ3) is 3.83. The van der Waals surface area contributed by atoms with E-state index in [1.807, 2.05) is 6.07 Å². The average molecular weight is 238 g/mol. The molecule has 15 heavy (non-hydrogen) atoms. The van der Waals surface area contributed by atoms with Crippen LogP contribution in [0.25, 0.3) is 0 Å². The van der Waals surface area contributed by atoms with Crippen molar-refractivity contribution < 1.29 is 4.43 Å². The molecule has 1 nitrogen and oxygen atoms in total. The van der Waals surface area contributed by atoms with Crippen LogP contribution in [0.5, 0.6) is 5.75 Å². The summed E-state index contributed by atoms with van der Waals surface area (Å²) in [5.41, 5.74) is 0. The van der Waals surface area contributed by atoms with E-state index >= 15 is 0 Å². The highest BCUT2D eigenvalue weighted by Crippen LogP contribution is 2.15. The Labute approximate surface area is 96.6 Å². The lowest BCUT2D eigenvalue weighted by Gasteiger charge is -2.22. The molecule has 0 aliphatic carbocycles. The van der Waals surface area contributed by atoms with Gasteiger partial charge in [0, 0.05) is 0 Å². The summed E-state index contributed by atoms with van der Waals surface area (Å²) in [6, 6.07) is 14.4. The van der Waals surface area contributed by atoms with E-state index in [1.54, 1.807) is 0 Å². The maximum absolute atomic E-state index is 6.21. The molecule has 3 heteroatoms. The third-order valence-electron chi connectivity index (χ3n) is 3.01. The quantitative estimate of drug-likeness (QED) is 0.692. The molecule has 0 aliphatic rings. The first kappa shape index (κ1) is 12.5. The summed E-state index contributed by atoms with van der Waals surface area (Å²) in [6.45, 7) is 6.97. The van der Waals surface area contributed by atoms with Crippen LogP contribution in [0.1, 0.15) is 20.8 Å². The van der Waals surface area contributed by atoms with Crippen molar-refractivity contribution in [3.8, 4) is 5.75 Å². The van der Waals surface area contributed by atoms with E-state index in [2.05, 4.69) is 45.0 Å². The van der Waals surface area contributed by atoms with E-state index in [-0.39, 0.29) is 0 Å². The highest BCUT2D eigenvalue weighted by atomic mass is 29.2. The fraction of sp³-hybridized carbons (Fsp3) is 0.500. The SMILES string of the molecule is CC[SiH](CC)[SiH](CC)Oc1ccccc1. The van der Waals surface area contributed by atoms with Gasteiger partial charge in [-0.05, 0) is 18.2 Å². The molecule has 0 amide bonds. The number of para-hydroxylation sites is 1. The molecule has 1 rings (SSSR count). The second-order valence-corrected chi connectivity index (χ2v) is 14.3. The molecule has 1 aromatic rings. The minimum atomic E-state index is -0.916. The van der Waals surface area contributed by atoms with Crippen molar-refractivity contribution >= 4 is 16.9 Å². The Kier molecular flexibility index (Phi) is 5.72. The molecule has 0 heterocycles. The second-order valence-electron chi connectivity index (χ2n) is 3.95. The molecular weight excluding hydrogens is 216 g/mol. The van der Waals surface area contributed by atoms with Gasteiger partial charge in [0.15, 0.2) is 0 Å². The Morgan fingerprint density at radius 1 is 0.933 bits per heavy atom. The number of hydrogen-bond acceptors (Lipinski definition) is 1. The van der Waals surface area contributed by atoms with E-state index in [9.17, 15) is 0 Å². The van der Waals surface area contributed by atoms with Crippen molar-refractivity contribution in [3.63, 3.8) is 0 Å². The summed E-state index contributed by atoms with van der Waals surface area (Å²) in [5, 5.41) is 0. The van der Waals surface area contributed by atoms with Gasteiger partial charge in [0.1, 0.15) is 5.75 Å². The summed E-state index contributed by atoms with van der Waals surface area (Å²) in [4.78, 5) is 0. The molecular formula is C12H22OSi2. The monoisotopic (exact) mass is 238 g/mol. The fourth-order valence-electron chi connectivity index (χ4n) is 2.00. The normalized spacial score (nSPS) is 12.8. The number of benzene rings is 1. The van der Waals surface area contributed by atoms with Crippen molar-refractivity contribution in [2.75, 3.05) is 0 Å². The number of rotatable bonds is 6. The fourth-order valence-corrected chi connectivity index (χ4v) is 11.4. The molecule has 0 aliphatic heterocycles. The van der Waals surface area contributed by atoms with Crippen LogP contribution < -0.4 is 4.43 Å². The molecule has 0 saturated heterocycles. The Morgan fingerprint density at radius 3 is 2.00 bits per heavy atom. The first-order chi connectivity index (χ1) is 7.31. The molecule has 0 aromatic heterocycles. The molecule has 0 radical (unpaired) electrons. The summed E-state index contributed by atoms with van der Waals surface area (Å²) in [5.74, 6) is 1.09. The van der Waals surface area contributed by atoms with Gasteiger partial charge in [-0.2, -0.15) is 0 Å². The highest BCUT2D eigenvalue weighted by Gasteiger charge is 2.22. The van der Waals surface area contributed by atoms with Crippen LogP contribution in [0.4, 0.5) is 0 Å². The lowest BCUT2D eigenvalue weighted by molar-refractivity contribution is 0.583. The second kappa shape index (κ2) is 6.85. The molecule has 1 aromatic carbocycles. The van der Waals surface area contributed by atoms with Crippen molar-refractivity contribution in [2.24, 2.45) is 0 Å². The zero-order valence-corrected chi connectivity index (χ0v) is 12.4. The van der Waals surface area contributed by atoms with Gasteiger partial charge in [0.2, 0.25) is 8.56 Å². The Bertz CT molecular complexity index is 260. The van der Waals surface area contributed by atoms with Crippen LogP contribution in [0.15, 0.2) is 30.3 Å². The van der Waals surface area contributed by atoms with Crippen LogP contribution in [0, 0.1) is 0 Å². The average Bonchev–Trinajstić information content (AvgIpc) is 2.30. The van der Waals surface area contributed by atoms with Gasteiger partial charge in [-0.1, -0.05) is 51.1 Å². The minimum Gasteiger partial charge on any atom is -0.550 e. The molecule has 0 bridgehead atoms. The summed E-state index contributed by atoms with van der Waals surface area (Å²) < 4.78 is 6.21. The first-order valence-electron chi connectivity index (χ1n) is 6.03. The van der Waals surface area contributed by atoms with Crippen molar-refractivity contribution in [1.82, 2.24) is 0 Å². The number of hydrogen-bond donors (Lipinski definition) is 0. The van der Waals surface area contributed by atoms with E-state index in [1.165, 1.54) is 18.1 Å². The van der Waals surface area contributed by atoms with Crippen LogP contribution in [0.3, 0.4) is 0 Å². The minimum absolute atomic E-state index is 0.560. The third-order valence-corrected chi connectivity index (χ3v) is 15.3. The van der Waals surface area contributed by atoms with Gasteiger partial charge in [-0.25, -0.2) is 0 Å². The predicted molar refractivity (Wildman–Crippen MR) is 72.8 cm³/mol. The maximum atomic E-state index is 6.21. The molecule has 1 atom stereocenters. The van der Waals surface area contributed by atoms with E-state index in [4.69, 9.17) is 4.43 Å². The summed E-state index contributed by atoms with van der Waals surface area (Å²) in [6.07, 6.45) is 0. The van der Waals surface area contributed by atoms with Gasteiger partial charge in [0.05, 0.1) is 8.31 Å². The van der Waals surface area contributed by atoms with E-state index in [0.717, 1.165) is 5.75 Å². The largest absolute Gasteiger partial charge is 0.550 e. The Morgan fingerprint density at radius 2 is 1.53 bits per heavy atom. The van der Waals surface area contributed by atoms with Gasteiger partial charge in [0.25, 0.3) is 0 Å². The topological polar surface area (TPSA) is 9.23 Å². The highest BCUT2D eigenvalue weighted by molar-refractivity contribution is 7.19. The van der Waals surface area contributed by atoms with Crippen molar-refractivity contribution in [2.45, 2.75) is 38.9 Å². The van der Waals surface area contributed by atoms with Crippen molar-refractivity contribution in [1.29, 1.82) is 0 Å². The predicted octanol–water partition coefficient (Wildman–Crippen LogP) is 3.15. The van der Waals surface area contributed by atoms with Gasteiger partial charge in [-0.15, -0.1) is 0 Å². The molecule has 1 unspecified atom stereocenters. The van der Waals surface area contributed by atoms with Gasteiger partial charge >= 0.3 is 0 Å². The Hall–Kier alpha value is -0.546. The molecule has 0 spiro atoms. The first-order valence-corrected chi connectivity index (χ1v) is 11.6. The van der Waals surface area contributed by atoms with Crippen LogP contribution in [-0.4, -0.2) is 16.9 Å². The van der Waals surface area contributed by atoms with Crippen LogP contribution in [0.2, 0.25) is 18.1 Å². The summed E-state index contributed by atoms with van der Waals surface area (Å²) in [7, 11) is -1.48. The molecule has 0 fully saturated rings. The van der Waals surface area contributed by atoms with E-state index in [0.29, 0.717) is 0 Å².